The third-order valence-electron chi connectivity index (χ3n) is 8.00. The van der Waals surface area contributed by atoms with Crippen LogP contribution < -0.4 is 0 Å². The van der Waals surface area contributed by atoms with Crippen molar-refractivity contribution in [3.8, 4) is 0 Å². The first kappa shape index (κ1) is 30.5. The maximum Gasteiger partial charge on any atom is 0.216 e. The van der Waals surface area contributed by atoms with Gasteiger partial charge in [0.15, 0.2) is 8.32 Å². The van der Waals surface area contributed by atoms with E-state index in [0.29, 0.717) is 0 Å². The highest BCUT2D eigenvalue weighted by Gasteiger charge is 2.51. The Bertz CT molecular complexity index is 519. The summed E-state index contributed by atoms with van der Waals surface area (Å²) < 4.78 is 15.2. The molecule has 0 aliphatic heterocycles. The molecule has 0 heterocycles. The zero-order valence-corrected chi connectivity index (χ0v) is 26.4. The Hall–Kier alpha value is 0.531. The minimum absolute atomic E-state index is 0.0415. The van der Waals surface area contributed by atoms with Gasteiger partial charge in [-0.1, -0.05) is 33.4 Å². The Labute approximate surface area is 194 Å². The minimum atomic E-state index is -2.07. The summed E-state index contributed by atoms with van der Waals surface area (Å²) in [6, 6.07) is 2.55. The largest absolute Gasteiger partial charge is 0.412 e. The molecular weight excluding hydrogens is 419 g/mol. The van der Waals surface area contributed by atoms with Crippen LogP contribution >= 0.6 is 0 Å². The summed E-state index contributed by atoms with van der Waals surface area (Å²) in [6.45, 7) is 34.6. The molecule has 3 nitrogen and oxygen atoms in total. The monoisotopic (exact) mass is 476 g/mol. The fourth-order valence-electron chi connectivity index (χ4n) is 4.54. The molecular formula is C24H58NO2Si3+. The van der Waals surface area contributed by atoms with Gasteiger partial charge in [0, 0.05) is 5.22 Å². The van der Waals surface area contributed by atoms with Crippen LogP contribution in [0, 0.1) is 0 Å². The van der Waals surface area contributed by atoms with Crippen LogP contribution in [0.15, 0.2) is 0 Å². The molecule has 0 saturated heterocycles. The van der Waals surface area contributed by atoms with Crippen LogP contribution in [-0.2, 0) is 8.85 Å². The molecule has 30 heavy (non-hydrogen) atoms. The first-order valence-corrected chi connectivity index (χ1v) is 21.8. The summed E-state index contributed by atoms with van der Waals surface area (Å²) in [7, 11) is -2.87. The maximum absolute atomic E-state index is 7.13. The van der Waals surface area contributed by atoms with Gasteiger partial charge in [0.25, 0.3) is 0 Å². The van der Waals surface area contributed by atoms with Gasteiger partial charge in [-0.25, -0.2) is 0 Å². The molecule has 0 aromatic carbocycles. The molecule has 0 saturated carbocycles. The topological polar surface area (TPSA) is 18.5 Å². The molecule has 0 aliphatic carbocycles. The Morgan fingerprint density at radius 1 is 0.700 bits per heavy atom. The molecule has 0 amide bonds. The summed E-state index contributed by atoms with van der Waals surface area (Å²) in [5, 5.41) is -0.210. The van der Waals surface area contributed by atoms with Gasteiger partial charge in [-0.05, 0) is 85.7 Å². The molecule has 1 unspecified atom stereocenters. The second-order valence-electron chi connectivity index (χ2n) is 12.6. The van der Waals surface area contributed by atoms with E-state index in [1.807, 2.05) is 0 Å². The maximum atomic E-state index is 7.13. The van der Waals surface area contributed by atoms with Crippen LogP contribution in [0.4, 0.5) is 0 Å². The van der Waals surface area contributed by atoms with E-state index in [1.165, 1.54) is 55.5 Å². The number of hydrogen-bond acceptors (Lipinski definition) is 2. The number of nitrogens with zero attached hydrogens (tertiary/aromatic N) is 1. The van der Waals surface area contributed by atoms with Gasteiger partial charge in [-0.15, -0.1) is 0 Å². The summed E-state index contributed by atoms with van der Waals surface area (Å²) >= 11 is 0. The van der Waals surface area contributed by atoms with Gasteiger partial charge in [-0.2, -0.15) is 0 Å². The van der Waals surface area contributed by atoms with Crippen molar-refractivity contribution in [2.75, 3.05) is 26.7 Å². The minimum Gasteiger partial charge on any atom is -0.412 e. The molecule has 0 aliphatic rings. The van der Waals surface area contributed by atoms with Gasteiger partial charge in [0.05, 0.1) is 40.0 Å². The molecule has 182 valence electrons. The molecule has 0 fully saturated rings. The van der Waals surface area contributed by atoms with E-state index < -0.39 is 24.7 Å². The van der Waals surface area contributed by atoms with E-state index in [2.05, 4.69) is 94.8 Å². The zero-order valence-electron chi connectivity index (χ0n) is 23.4. The predicted octanol–water partition coefficient (Wildman–Crippen LogP) is 7.45. The van der Waals surface area contributed by atoms with E-state index in [1.54, 1.807) is 0 Å². The van der Waals surface area contributed by atoms with Crippen LogP contribution in [-0.4, -0.2) is 66.3 Å². The van der Waals surface area contributed by atoms with E-state index in [9.17, 15) is 0 Å². The molecule has 0 aromatic heterocycles. The van der Waals surface area contributed by atoms with E-state index in [0.717, 1.165) is 0 Å². The van der Waals surface area contributed by atoms with Crippen molar-refractivity contribution in [3.63, 3.8) is 0 Å². The SMILES string of the molecule is CCC[N+](C)(CC)CCC[Si](C)(C)C(C)(C)O[Si](C)(C)C(C)(C)O[Si](C)(C)CCC. The summed E-state index contributed by atoms with van der Waals surface area (Å²) in [4.78, 5) is 0. The van der Waals surface area contributed by atoms with Crippen LogP contribution in [0.25, 0.3) is 0 Å². The van der Waals surface area contributed by atoms with Crippen molar-refractivity contribution >= 4 is 24.7 Å². The molecule has 0 radical (unpaired) electrons. The number of hydrogen-bond donors (Lipinski definition) is 0. The van der Waals surface area contributed by atoms with Crippen LogP contribution in [0.3, 0.4) is 0 Å². The predicted molar refractivity (Wildman–Crippen MR) is 144 cm³/mol. The lowest BCUT2D eigenvalue weighted by Gasteiger charge is -2.51. The smallest absolute Gasteiger partial charge is 0.216 e. The van der Waals surface area contributed by atoms with Crippen molar-refractivity contribution in [3.05, 3.63) is 0 Å². The van der Waals surface area contributed by atoms with Crippen molar-refractivity contribution in [1.82, 2.24) is 0 Å². The molecule has 6 heteroatoms. The lowest BCUT2D eigenvalue weighted by Crippen LogP contribution is -2.65. The van der Waals surface area contributed by atoms with Gasteiger partial charge in [0.1, 0.15) is 0 Å². The molecule has 0 spiro atoms. The van der Waals surface area contributed by atoms with Crippen molar-refractivity contribution < 1.29 is 13.3 Å². The normalized spacial score (nSPS) is 16.6. The van der Waals surface area contributed by atoms with Gasteiger partial charge >= 0.3 is 0 Å². The van der Waals surface area contributed by atoms with E-state index >= 15 is 0 Å². The molecule has 0 bridgehead atoms. The molecule has 1 atom stereocenters. The second kappa shape index (κ2) is 11.1. The lowest BCUT2D eigenvalue weighted by atomic mass is 10.3. The van der Waals surface area contributed by atoms with Gasteiger partial charge in [-0.3, -0.25) is 0 Å². The van der Waals surface area contributed by atoms with Crippen LogP contribution in [0.1, 0.15) is 67.7 Å². The zero-order chi connectivity index (χ0) is 24.1. The standard InChI is InChI=1S/C24H58NO2Si3/c1-15-19-25(8,17-3)20-18-22-28(9,10)23(4,5)27-30(13,14)24(6,7)26-29(11,12)21-16-2/h15-22H2,1-14H3/q+1. The highest BCUT2D eigenvalue weighted by molar-refractivity contribution is 6.82. The third-order valence-corrected chi connectivity index (χ3v) is 20.2. The molecule has 0 rings (SSSR count). The highest BCUT2D eigenvalue weighted by Crippen LogP contribution is 2.38. The van der Waals surface area contributed by atoms with Crippen molar-refractivity contribution in [1.29, 1.82) is 0 Å². The first-order valence-electron chi connectivity index (χ1n) is 12.5. The Morgan fingerprint density at radius 2 is 1.23 bits per heavy atom. The van der Waals surface area contributed by atoms with Crippen LogP contribution in [0.5, 0.6) is 0 Å². The van der Waals surface area contributed by atoms with Crippen molar-refractivity contribution in [2.24, 2.45) is 0 Å². The number of rotatable bonds is 15. The molecule has 0 aromatic rings. The fourth-order valence-corrected chi connectivity index (χ4v) is 14.1. The quantitative estimate of drug-likeness (QED) is 0.180. The van der Waals surface area contributed by atoms with Gasteiger partial charge in [0.2, 0.25) is 8.32 Å². The average Bonchev–Trinajstić information content (AvgIpc) is 2.52. The third kappa shape index (κ3) is 8.81. The van der Waals surface area contributed by atoms with Gasteiger partial charge < -0.3 is 13.3 Å². The Balaban J connectivity index is 5.26. The second-order valence-corrected chi connectivity index (χ2v) is 26.7. The summed E-state index contributed by atoms with van der Waals surface area (Å²) in [5.74, 6) is 0. The van der Waals surface area contributed by atoms with E-state index in [-0.39, 0.29) is 10.4 Å². The average molecular weight is 477 g/mol. The highest BCUT2D eigenvalue weighted by atomic mass is 28.4. The first-order chi connectivity index (χ1) is 13.3. The fraction of sp³-hybridized carbons (Fsp3) is 1.00. The van der Waals surface area contributed by atoms with E-state index in [4.69, 9.17) is 8.85 Å². The Kier molecular flexibility index (Phi) is 11.3. The van der Waals surface area contributed by atoms with Crippen molar-refractivity contribution in [2.45, 2.75) is 130 Å². The lowest BCUT2D eigenvalue weighted by molar-refractivity contribution is -0.907. The Morgan fingerprint density at radius 3 is 1.67 bits per heavy atom. The number of quaternary nitrogens is 1. The molecule has 0 N–H and O–H groups in total. The van der Waals surface area contributed by atoms with Crippen LogP contribution in [0.2, 0.25) is 51.4 Å². The summed E-state index contributed by atoms with van der Waals surface area (Å²) in [6.07, 6.45) is 3.79. The summed E-state index contributed by atoms with van der Waals surface area (Å²) in [5.41, 5.74) is 0.